The van der Waals surface area contributed by atoms with Gasteiger partial charge in [-0.3, -0.25) is 9.52 Å². The molecule has 0 fully saturated rings. The summed E-state index contributed by atoms with van der Waals surface area (Å²) in [4.78, 5) is 12.3. The van der Waals surface area contributed by atoms with Crippen LogP contribution < -0.4 is 10.0 Å². The first-order valence-corrected chi connectivity index (χ1v) is 9.97. The Morgan fingerprint density at radius 1 is 0.889 bits per heavy atom. The number of benzene rings is 3. The van der Waals surface area contributed by atoms with E-state index in [0.717, 1.165) is 5.56 Å². The summed E-state index contributed by atoms with van der Waals surface area (Å²) in [7, 11) is -3.94. The van der Waals surface area contributed by atoms with Crippen LogP contribution in [0.1, 0.15) is 15.9 Å². The van der Waals surface area contributed by atoms with Gasteiger partial charge in [0, 0.05) is 16.9 Å². The molecule has 0 aromatic heterocycles. The summed E-state index contributed by atoms with van der Waals surface area (Å²) < 4.78 is 27.8. The fraction of sp³-hybridized carbons (Fsp3) is 0.0500. The predicted octanol–water partition coefficient (Wildman–Crippen LogP) is 4.70. The molecule has 0 spiro atoms. The highest BCUT2D eigenvalue weighted by Crippen LogP contribution is 2.25. The number of rotatable bonds is 5. The van der Waals surface area contributed by atoms with E-state index >= 15 is 0 Å². The molecule has 7 heteroatoms. The molecular weight excluding hydrogens is 384 g/mol. The van der Waals surface area contributed by atoms with E-state index in [9.17, 15) is 13.2 Å². The van der Waals surface area contributed by atoms with Crippen molar-refractivity contribution in [3.8, 4) is 0 Å². The molecule has 0 saturated heterocycles. The van der Waals surface area contributed by atoms with Crippen molar-refractivity contribution in [2.24, 2.45) is 0 Å². The Balaban J connectivity index is 1.87. The number of hydrogen-bond donors (Lipinski definition) is 2. The number of amides is 1. The van der Waals surface area contributed by atoms with Crippen LogP contribution in [0.15, 0.2) is 77.7 Å². The van der Waals surface area contributed by atoms with Gasteiger partial charge in [-0.25, -0.2) is 8.42 Å². The fourth-order valence-electron chi connectivity index (χ4n) is 2.41. The number of hydrogen-bond acceptors (Lipinski definition) is 3. The van der Waals surface area contributed by atoms with Crippen molar-refractivity contribution in [3.63, 3.8) is 0 Å². The molecule has 27 heavy (non-hydrogen) atoms. The summed E-state index contributed by atoms with van der Waals surface area (Å²) in [5.74, 6) is -0.424. The van der Waals surface area contributed by atoms with Crippen LogP contribution in [0, 0.1) is 6.92 Å². The number of halogens is 1. The van der Waals surface area contributed by atoms with Gasteiger partial charge >= 0.3 is 0 Å². The second-order valence-corrected chi connectivity index (χ2v) is 7.99. The molecule has 3 aromatic carbocycles. The molecule has 0 radical (unpaired) electrons. The van der Waals surface area contributed by atoms with Gasteiger partial charge in [-0.2, -0.15) is 0 Å². The van der Waals surface area contributed by atoms with Gasteiger partial charge in [-0.15, -0.1) is 0 Å². The van der Waals surface area contributed by atoms with Crippen molar-refractivity contribution in [1.29, 1.82) is 0 Å². The number of carbonyl (C=O) groups excluding carboxylic acids is 1. The van der Waals surface area contributed by atoms with Crippen LogP contribution in [0.25, 0.3) is 0 Å². The maximum absolute atomic E-state index is 12.7. The Hall–Kier alpha value is -2.83. The average Bonchev–Trinajstić information content (AvgIpc) is 2.64. The molecule has 0 heterocycles. The quantitative estimate of drug-likeness (QED) is 0.651. The summed E-state index contributed by atoms with van der Waals surface area (Å²) in [6, 6.07) is 19.9. The van der Waals surface area contributed by atoms with Crippen LogP contribution in [0.2, 0.25) is 5.02 Å². The van der Waals surface area contributed by atoms with Crippen LogP contribution >= 0.6 is 11.6 Å². The van der Waals surface area contributed by atoms with Gasteiger partial charge in [0.15, 0.2) is 0 Å². The largest absolute Gasteiger partial charge is 0.322 e. The van der Waals surface area contributed by atoms with Gasteiger partial charge in [-0.05, 0) is 49.4 Å². The van der Waals surface area contributed by atoms with Crippen molar-refractivity contribution in [3.05, 3.63) is 88.9 Å². The lowest BCUT2D eigenvalue weighted by molar-refractivity contribution is 0.102. The molecule has 1 amide bonds. The molecule has 3 aromatic rings. The van der Waals surface area contributed by atoms with E-state index in [4.69, 9.17) is 11.6 Å². The first kappa shape index (κ1) is 18.9. The van der Waals surface area contributed by atoms with Gasteiger partial charge in [0.05, 0.1) is 5.02 Å². The zero-order valence-corrected chi connectivity index (χ0v) is 16.0. The predicted molar refractivity (Wildman–Crippen MR) is 108 cm³/mol. The highest BCUT2D eigenvalue weighted by molar-refractivity contribution is 7.92. The second-order valence-electron chi connectivity index (χ2n) is 5.94. The lowest BCUT2D eigenvalue weighted by Gasteiger charge is -2.11. The van der Waals surface area contributed by atoms with E-state index in [1.54, 1.807) is 42.5 Å². The van der Waals surface area contributed by atoms with Crippen molar-refractivity contribution in [2.45, 2.75) is 11.8 Å². The molecule has 0 saturated carbocycles. The van der Waals surface area contributed by atoms with Gasteiger partial charge in [0.1, 0.15) is 4.90 Å². The summed E-state index contributed by atoms with van der Waals surface area (Å²) in [6.45, 7) is 1.95. The molecule has 3 rings (SSSR count). The van der Waals surface area contributed by atoms with E-state index < -0.39 is 15.9 Å². The minimum atomic E-state index is -3.94. The van der Waals surface area contributed by atoms with Crippen LogP contribution in [-0.4, -0.2) is 14.3 Å². The molecular formula is C20H17ClN2O3S. The monoisotopic (exact) mass is 400 g/mol. The third kappa shape index (κ3) is 4.67. The topological polar surface area (TPSA) is 75.3 Å². The van der Waals surface area contributed by atoms with Crippen LogP contribution in [-0.2, 0) is 10.0 Å². The summed E-state index contributed by atoms with van der Waals surface area (Å²) in [6.07, 6.45) is 0. The summed E-state index contributed by atoms with van der Waals surface area (Å²) in [5.41, 5.74) is 2.28. The third-order valence-electron chi connectivity index (χ3n) is 3.82. The van der Waals surface area contributed by atoms with Crippen molar-refractivity contribution >= 4 is 38.9 Å². The fourth-order valence-corrected chi connectivity index (χ4v) is 3.99. The number of para-hydroxylation sites is 1. The Labute approximate surface area is 163 Å². The van der Waals surface area contributed by atoms with Gasteiger partial charge in [0.2, 0.25) is 0 Å². The number of sulfonamides is 1. The molecule has 0 aliphatic carbocycles. The van der Waals surface area contributed by atoms with Crippen molar-refractivity contribution < 1.29 is 13.2 Å². The Morgan fingerprint density at radius 3 is 2.22 bits per heavy atom. The number of nitrogens with one attached hydrogen (secondary N) is 2. The molecule has 0 bridgehead atoms. The Kier molecular flexibility index (Phi) is 5.48. The van der Waals surface area contributed by atoms with E-state index in [1.807, 2.05) is 19.1 Å². The van der Waals surface area contributed by atoms with Gasteiger partial charge < -0.3 is 5.32 Å². The first-order valence-electron chi connectivity index (χ1n) is 8.10. The number of anilines is 2. The summed E-state index contributed by atoms with van der Waals surface area (Å²) >= 11 is 6.08. The number of carbonyl (C=O) groups is 1. The minimum Gasteiger partial charge on any atom is -0.322 e. The molecule has 138 valence electrons. The summed E-state index contributed by atoms with van der Waals surface area (Å²) in [5, 5.41) is 2.77. The highest BCUT2D eigenvalue weighted by Gasteiger charge is 2.20. The van der Waals surface area contributed by atoms with E-state index in [-0.39, 0.29) is 15.5 Å². The molecule has 0 atom stereocenters. The third-order valence-corrected chi connectivity index (χ3v) is 5.68. The van der Waals surface area contributed by atoms with Crippen molar-refractivity contribution in [2.75, 3.05) is 10.0 Å². The second kappa shape index (κ2) is 7.82. The molecule has 0 aliphatic rings. The Bertz CT molecular complexity index is 1070. The van der Waals surface area contributed by atoms with Gasteiger partial charge in [0.25, 0.3) is 15.9 Å². The average molecular weight is 401 g/mol. The standard InChI is InChI=1S/C20H17ClN2O3S/c1-14-7-10-16(11-8-14)22-20(24)15-9-12-18(21)19(13-15)27(25,26)23-17-5-3-2-4-6-17/h2-13,23H,1H3,(H,22,24). The normalized spacial score (nSPS) is 11.0. The van der Waals surface area contributed by atoms with Crippen LogP contribution in [0.4, 0.5) is 11.4 Å². The van der Waals surface area contributed by atoms with Crippen LogP contribution in [0.3, 0.4) is 0 Å². The maximum Gasteiger partial charge on any atom is 0.263 e. The smallest absolute Gasteiger partial charge is 0.263 e. The van der Waals surface area contributed by atoms with Gasteiger partial charge in [-0.1, -0.05) is 47.5 Å². The van der Waals surface area contributed by atoms with E-state index in [1.165, 1.54) is 18.2 Å². The molecule has 0 aliphatic heterocycles. The molecule has 2 N–H and O–H groups in total. The molecule has 0 unspecified atom stereocenters. The number of aryl methyl sites for hydroxylation is 1. The Morgan fingerprint density at radius 2 is 1.56 bits per heavy atom. The van der Waals surface area contributed by atoms with Crippen LogP contribution in [0.5, 0.6) is 0 Å². The lowest BCUT2D eigenvalue weighted by atomic mass is 10.2. The zero-order valence-electron chi connectivity index (χ0n) is 14.4. The van der Waals surface area contributed by atoms with E-state index in [2.05, 4.69) is 10.0 Å². The minimum absolute atomic E-state index is 0.0327. The first-order chi connectivity index (χ1) is 12.8. The van der Waals surface area contributed by atoms with E-state index in [0.29, 0.717) is 11.4 Å². The highest BCUT2D eigenvalue weighted by atomic mass is 35.5. The zero-order chi connectivity index (χ0) is 19.4. The van der Waals surface area contributed by atoms with Crippen molar-refractivity contribution in [1.82, 2.24) is 0 Å². The maximum atomic E-state index is 12.7. The molecule has 5 nitrogen and oxygen atoms in total. The lowest BCUT2D eigenvalue weighted by Crippen LogP contribution is -2.16. The SMILES string of the molecule is Cc1ccc(NC(=O)c2ccc(Cl)c(S(=O)(=O)Nc3ccccc3)c2)cc1.